The second-order valence-electron chi connectivity index (χ2n) is 7.57. The van der Waals surface area contributed by atoms with Crippen LogP contribution >= 0.6 is 23.4 Å². The Kier molecular flexibility index (Phi) is 5.91. The molecular formula is C23H20ClN3O4S. The van der Waals surface area contributed by atoms with Gasteiger partial charge in [0.25, 0.3) is 5.56 Å². The molecule has 3 heterocycles. The van der Waals surface area contributed by atoms with Crippen molar-refractivity contribution in [1.29, 1.82) is 0 Å². The van der Waals surface area contributed by atoms with Crippen molar-refractivity contribution in [3.63, 3.8) is 0 Å². The zero-order valence-corrected chi connectivity index (χ0v) is 18.6. The number of hydrogen-bond acceptors (Lipinski definition) is 6. The normalized spacial score (nSPS) is 16.1. The molecule has 7 nitrogen and oxygen atoms in total. The number of hydrogen-bond donors (Lipinski definition) is 1. The largest absolute Gasteiger partial charge is 0.448 e. The maximum absolute atomic E-state index is 13.3. The SMILES string of the molecule is O=C(CSc1nc2c(oc3ccccc32)c(=O)n1C[C@H]1CCCO1)Nc1cccc(Cl)c1. The predicted molar refractivity (Wildman–Crippen MR) is 126 cm³/mol. The molecule has 0 radical (unpaired) electrons. The molecular weight excluding hydrogens is 450 g/mol. The lowest BCUT2D eigenvalue weighted by Gasteiger charge is -2.15. The number of para-hydroxylation sites is 1. The van der Waals surface area contributed by atoms with Crippen LogP contribution in [0.2, 0.25) is 5.02 Å². The molecule has 0 unspecified atom stereocenters. The average molecular weight is 470 g/mol. The molecule has 5 rings (SSSR count). The number of ether oxygens (including phenoxy) is 1. The average Bonchev–Trinajstić information content (AvgIpc) is 3.42. The van der Waals surface area contributed by atoms with E-state index in [1.165, 1.54) is 11.8 Å². The van der Waals surface area contributed by atoms with Gasteiger partial charge in [-0.15, -0.1) is 0 Å². The molecule has 1 atom stereocenters. The molecule has 1 amide bonds. The number of fused-ring (bicyclic) bond motifs is 3. The molecule has 1 N–H and O–H groups in total. The van der Waals surface area contributed by atoms with E-state index >= 15 is 0 Å². The number of aromatic nitrogens is 2. The Bertz CT molecular complexity index is 1360. The van der Waals surface area contributed by atoms with Gasteiger partial charge >= 0.3 is 0 Å². The highest BCUT2D eigenvalue weighted by Gasteiger charge is 2.23. The summed E-state index contributed by atoms with van der Waals surface area (Å²) >= 11 is 7.20. The summed E-state index contributed by atoms with van der Waals surface area (Å²) in [6.07, 6.45) is 1.78. The molecule has 0 saturated carbocycles. The summed E-state index contributed by atoms with van der Waals surface area (Å²) in [6.45, 7) is 1.06. The second kappa shape index (κ2) is 8.97. The van der Waals surface area contributed by atoms with E-state index in [2.05, 4.69) is 5.32 Å². The first-order valence-electron chi connectivity index (χ1n) is 10.3. The highest BCUT2D eigenvalue weighted by atomic mass is 35.5. The highest BCUT2D eigenvalue weighted by Crippen LogP contribution is 2.28. The van der Waals surface area contributed by atoms with Crippen molar-refractivity contribution in [1.82, 2.24) is 9.55 Å². The number of thioether (sulfide) groups is 1. The van der Waals surface area contributed by atoms with Crippen LogP contribution in [0.25, 0.3) is 22.1 Å². The third-order valence-corrected chi connectivity index (χ3v) is 6.51. The summed E-state index contributed by atoms with van der Waals surface area (Å²) in [6, 6.07) is 14.4. The first-order chi connectivity index (χ1) is 15.6. The van der Waals surface area contributed by atoms with Crippen molar-refractivity contribution in [2.75, 3.05) is 17.7 Å². The van der Waals surface area contributed by atoms with Crippen molar-refractivity contribution in [3.05, 3.63) is 63.9 Å². The molecule has 1 aliphatic rings. The van der Waals surface area contributed by atoms with Gasteiger partial charge in [0.1, 0.15) is 11.1 Å². The Morgan fingerprint density at radius 1 is 1.25 bits per heavy atom. The van der Waals surface area contributed by atoms with Gasteiger partial charge in [-0.2, -0.15) is 0 Å². The molecule has 0 aliphatic carbocycles. The maximum atomic E-state index is 13.3. The Morgan fingerprint density at radius 3 is 2.94 bits per heavy atom. The number of amides is 1. The van der Waals surface area contributed by atoms with E-state index in [9.17, 15) is 9.59 Å². The van der Waals surface area contributed by atoms with Crippen LogP contribution in [0.5, 0.6) is 0 Å². The van der Waals surface area contributed by atoms with Crippen molar-refractivity contribution in [3.8, 4) is 0 Å². The number of furan rings is 1. The van der Waals surface area contributed by atoms with Gasteiger partial charge in [-0.3, -0.25) is 14.2 Å². The van der Waals surface area contributed by atoms with Crippen molar-refractivity contribution >= 4 is 57.0 Å². The molecule has 1 aliphatic heterocycles. The molecule has 2 aromatic heterocycles. The fraction of sp³-hybridized carbons (Fsp3) is 0.261. The van der Waals surface area contributed by atoms with Crippen molar-refractivity contribution in [2.24, 2.45) is 0 Å². The Balaban J connectivity index is 1.47. The van der Waals surface area contributed by atoms with Gasteiger partial charge in [-0.1, -0.05) is 41.6 Å². The smallest absolute Gasteiger partial charge is 0.297 e. The van der Waals surface area contributed by atoms with Gasteiger partial charge in [-0.25, -0.2) is 4.98 Å². The molecule has 164 valence electrons. The summed E-state index contributed by atoms with van der Waals surface area (Å²) in [5.41, 5.74) is 1.68. The lowest BCUT2D eigenvalue weighted by molar-refractivity contribution is -0.113. The number of carbonyl (C=O) groups excluding carboxylic acids is 1. The van der Waals surface area contributed by atoms with E-state index in [4.69, 9.17) is 25.7 Å². The van der Waals surface area contributed by atoms with Gasteiger partial charge in [0.05, 0.1) is 18.4 Å². The van der Waals surface area contributed by atoms with E-state index in [0.717, 1.165) is 18.2 Å². The molecule has 0 spiro atoms. The topological polar surface area (TPSA) is 86.4 Å². The lowest BCUT2D eigenvalue weighted by atomic mass is 10.2. The first kappa shape index (κ1) is 21.1. The van der Waals surface area contributed by atoms with Crippen molar-refractivity contribution < 1.29 is 13.9 Å². The fourth-order valence-electron chi connectivity index (χ4n) is 3.81. The quantitative estimate of drug-likeness (QED) is 0.325. The standard InChI is InChI=1S/C23H20ClN3O4S/c24-14-5-3-6-15(11-14)25-19(28)13-32-23-26-20-17-8-1-2-9-18(17)31-21(20)22(29)27(23)12-16-7-4-10-30-16/h1-3,5-6,8-9,11,16H,4,7,10,12-13H2,(H,25,28)/t16-/m1/s1. The summed E-state index contributed by atoms with van der Waals surface area (Å²) in [7, 11) is 0. The van der Waals surface area contributed by atoms with Crippen LogP contribution in [0.15, 0.2) is 62.9 Å². The zero-order valence-electron chi connectivity index (χ0n) is 17.0. The van der Waals surface area contributed by atoms with E-state index in [1.807, 2.05) is 24.3 Å². The maximum Gasteiger partial charge on any atom is 0.297 e. The summed E-state index contributed by atoms with van der Waals surface area (Å²) in [5, 5.41) is 4.60. The Morgan fingerprint density at radius 2 is 2.12 bits per heavy atom. The molecule has 4 aromatic rings. The van der Waals surface area contributed by atoms with Crippen LogP contribution in [0.4, 0.5) is 5.69 Å². The van der Waals surface area contributed by atoms with Crippen LogP contribution in [0.1, 0.15) is 12.8 Å². The second-order valence-corrected chi connectivity index (χ2v) is 8.95. The molecule has 32 heavy (non-hydrogen) atoms. The monoisotopic (exact) mass is 469 g/mol. The number of rotatable bonds is 6. The van der Waals surface area contributed by atoms with Crippen LogP contribution in [0, 0.1) is 0 Å². The number of nitrogens with zero attached hydrogens (tertiary/aromatic N) is 2. The van der Waals surface area contributed by atoms with Gasteiger partial charge in [0.15, 0.2) is 5.16 Å². The van der Waals surface area contributed by atoms with Gasteiger partial charge in [0.2, 0.25) is 11.5 Å². The van der Waals surface area contributed by atoms with Crippen LogP contribution in [0.3, 0.4) is 0 Å². The number of nitrogens with one attached hydrogen (secondary N) is 1. The molecule has 0 bridgehead atoms. The predicted octanol–water partition coefficient (Wildman–Crippen LogP) is 4.71. The third kappa shape index (κ3) is 4.26. The minimum Gasteiger partial charge on any atom is -0.448 e. The molecule has 2 aromatic carbocycles. The van der Waals surface area contributed by atoms with Crippen LogP contribution in [-0.2, 0) is 16.1 Å². The van der Waals surface area contributed by atoms with Gasteiger partial charge in [0, 0.05) is 22.7 Å². The molecule has 9 heteroatoms. The number of halogens is 1. The molecule has 1 fully saturated rings. The highest BCUT2D eigenvalue weighted by molar-refractivity contribution is 7.99. The van der Waals surface area contributed by atoms with Gasteiger partial charge in [-0.05, 0) is 43.2 Å². The van der Waals surface area contributed by atoms with E-state index in [-0.39, 0.29) is 28.9 Å². The number of benzene rings is 2. The van der Waals surface area contributed by atoms with Crippen LogP contribution in [-0.4, -0.2) is 33.9 Å². The van der Waals surface area contributed by atoms with Crippen LogP contribution < -0.4 is 10.9 Å². The Hall–Kier alpha value is -2.81. The number of carbonyl (C=O) groups is 1. The zero-order chi connectivity index (χ0) is 22.1. The van der Waals surface area contributed by atoms with Gasteiger partial charge < -0.3 is 14.5 Å². The lowest BCUT2D eigenvalue weighted by Crippen LogP contribution is -2.29. The van der Waals surface area contributed by atoms with E-state index in [0.29, 0.717) is 40.1 Å². The minimum atomic E-state index is -0.264. The Labute approximate surface area is 192 Å². The van der Waals surface area contributed by atoms with Crippen molar-refractivity contribution in [2.45, 2.75) is 30.6 Å². The summed E-state index contributed by atoms with van der Waals surface area (Å²) in [5.74, 6) is -0.126. The minimum absolute atomic E-state index is 0.0593. The first-order valence-corrected chi connectivity index (χ1v) is 11.7. The summed E-state index contributed by atoms with van der Waals surface area (Å²) in [4.78, 5) is 30.6. The molecule has 1 saturated heterocycles. The van der Waals surface area contributed by atoms with E-state index < -0.39 is 0 Å². The third-order valence-electron chi connectivity index (χ3n) is 5.30. The van der Waals surface area contributed by atoms with E-state index in [1.54, 1.807) is 28.8 Å². The fourth-order valence-corrected chi connectivity index (χ4v) is 4.80. The summed E-state index contributed by atoms with van der Waals surface area (Å²) < 4.78 is 13.1. The number of anilines is 1.